The molecule has 2 aromatic rings. The fraction of sp³-hybridized carbons (Fsp3) is 0.562. The summed E-state index contributed by atoms with van der Waals surface area (Å²) in [7, 11) is 0. The van der Waals surface area contributed by atoms with Crippen LogP contribution in [0.4, 0.5) is 4.39 Å². The van der Waals surface area contributed by atoms with Crippen LogP contribution in [0.2, 0.25) is 0 Å². The summed E-state index contributed by atoms with van der Waals surface area (Å²) in [5, 5.41) is 0. The van der Waals surface area contributed by atoms with Crippen molar-refractivity contribution in [2.75, 3.05) is 0 Å². The minimum atomic E-state index is -0.237. The van der Waals surface area contributed by atoms with E-state index in [2.05, 4.69) is 23.4 Å². The Bertz CT molecular complexity index is 574. The molecule has 0 amide bonds. The standard InChI is InChI=1S/C16H24FN3/c1-4-20-14-10-6-9-13(17)15(14)19-16(20)11(2)7-5-8-12(3)18/h6,9-12H,4-5,7-8,18H2,1-3H3. The molecule has 0 fully saturated rings. The summed E-state index contributed by atoms with van der Waals surface area (Å²) in [6.07, 6.45) is 3.13. The molecule has 2 atom stereocenters. The molecule has 110 valence electrons. The lowest BCUT2D eigenvalue weighted by molar-refractivity contribution is 0.528. The first kappa shape index (κ1) is 15.0. The molecule has 0 aliphatic carbocycles. The van der Waals surface area contributed by atoms with Crippen molar-refractivity contribution < 1.29 is 4.39 Å². The Morgan fingerprint density at radius 2 is 2.05 bits per heavy atom. The van der Waals surface area contributed by atoms with Gasteiger partial charge < -0.3 is 10.3 Å². The predicted molar refractivity (Wildman–Crippen MR) is 81.3 cm³/mol. The van der Waals surface area contributed by atoms with Crippen molar-refractivity contribution in [2.45, 2.75) is 58.5 Å². The minimum absolute atomic E-state index is 0.237. The maximum Gasteiger partial charge on any atom is 0.151 e. The summed E-state index contributed by atoms with van der Waals surface area (Å²) in [5.74, 6) is 1.07. The third-order valence-corrected chi connectivity index (χ3v) is 3.81. The summed E-state index contributed by atoms with van der Waals surface area (Å²) >= 11 is 0. The first-order chi connectivity index (χ1) is 9.54. The third-order valence-electron chi connectivity index (χ3n) is 3.81. The average molecular weight is 277 g/mol. The summed E-state index contributed by atoms with van der Waals surface area (Å²) in [4.78, 5) is 4.54. The van der Waals surface area contributed by atoms with Crippen LogP contribution in [-0.4, -0.2) is 15.6 Å². The van der Waals surface area contributed by atoms with Gasteiger partial charge in [-0.15, -0.1) is 0 Å². The number of para-hydroxylation sites is 1. The Balaban J connectivity index is 2.26. The first-order valence-corrected chi connectivity index (χ1v) is 7.44. The van der Waals surface area contributed by atoms with Gasteiger partial charge >= 0.3 is 0 Å². The second-order valence-corrected chi connectivity index (χ2v) is 5.63. The highest BCUT2D eigenvalue weighted by molar-refractivity contribution is 5.76. The van der Waals surface area contributed by atoms with Crippen LogP contribution >= 0.6 is 0 Å². The van der Waals surface area contributed by atoms with Crippen molar-refractivity contribution in [3.05, 3.63) is 29.8 Å². The SMILES string of the molecule is CCn1c(C(C)CCCC(C)N)nc2c(F)cccc21. The van der Waals surface area contributed by atoms with Gasteiger partial charge in [0.1, 0.15) is 11.3 Å². The van der Waals surface area contributed by atoms with Crippen molar-refractivity contribution in [3.8, 4) is 0 Å². The lowest BCUT2D eigenvalue weighted by Crippen LogP contribution is -2.14. The molecule has 4 heteroatoms. The molecule has 0 bridgehead atoms. The first-order valence-electron chi connectivity index (χ1n) is 7.44. The number of hydrogen-bond donors (Lipinski definition) is 1. The van der Waals surface area contributed by atoms with E-state index in [0.717, 1.165) is 37.1 Å². The van der Waals surface area contributed by atoms with Crippen molar-refractivity contribution in [2.24, 2.45) is 5.73 Å². The Hall–Kier alpha value is -1.42. The summed E-state index contributed by atoms with van der Waals surface area (Å²) in [6.45, 7) is 7.07. The van der Waals surface area contributed by atoms with Crippen LogP contribution in [-0.2, 0) is 6.54 Å². The van der Waals surface area contributed by atoms with E-state index in [9.17, 15) is 4.39 Å². The van der Waals surface area contributed by atoms with Crippen LogP contribution in [0.1, 0.15) is 51.8 Å². The second kappa shape index (κ2) is 6.35. The van der Waals surface area contributed by atoms with Crippen LogP contribution in [0.15, 0.2) is 18.2 Å². The Morgan fingerprint density at radius 3 is 2.70 bits per heavy atom. The summed E-state index contributed by atoms with van der Waals surface area (Å²) in [6, 6.07) is 5.40. The van der Waals surface area contributed by atoms with E-state index in [1.54, 1.807) is 6.07 Å². The molecule has 1 aromatic carbocycles. The number of imidazole rings is 1. The maximum absolute atomic E-state index is 13.8. The number of nitrogens with two attached hydrogens (primary N) is 1. The fourth-order valence-electron chi connectivity index (χ4n) is 2.71. The van der Waals surface area contributed by atoms with Gasteiger partial charge in [0.2, 0.25) is 0 Å². The van der Waals surface area contributed by atoms with Crippen molar-refractivity contribution in [3.63, 3.8) is 0 Å². The Labute approximate surface area is 120 Å². The number of hydrogen-bond acceptors (Lipinski definition) is 2. The van der Waals surface area contributed by atoms with E-state index in [4.69, 9.17) is 5.73 Å². The van der Waals surface area contributed by atoms with Crippen LogP contribution in [0, 0.1) is 5.82 Å². The van der Waals surface area contributed by atoms with Crippen molar-refractivity contribution >= 4 is 11.0 Å². The van der Waals surface area contributed by atoms with Crippen LogP contribution in [0.25, 0.3) is 11.0 Å². The zero-order chi connectivity index (χ0) is 14.7. The molecule has 2 rings (SSSR count). The molecule has 2 unspecified atom stereocenters. The number of benzene rings is 1. The smallest absolute Gasteiger partial charge is 0.151 e. The lowest BCUT2D eigenvalue weighted by atomic mass is 10.0. The molecule has 0 aliphatic rings. The summed E-state index contributed by atoms with van der Waals surface area (Å²) in [5.41, 5.74) is 7.16. The molecule has 2 N–H and O–H groups in total. The van der Waals surface area contributed by atoms with Gasteiger partial charge in [-0.2, -0.15) is 0 Å². The molecule has 3 nitrogen and oxygen atoms in total. The Kier molecular flexibility index (Phi) is 4.76. The highest BCUT2D eigenvalue weighted by atomic mass is 19.1. The van der Waals surface area contributed by atoms with Crippen molar-refractivity contribution in [1.29, 1.82) is 0 Å². The number of rotatable bonds is 6. The second-order valence-electron chi connectivity index (χ2n) is 5.63. The highest BCUT2D eigenvalue weighted by Crippen LogP contribution is 2.27. The van der Waals surface area contributed by atoms with Gasteiger partial charge in [0.05, 0.1) is 5.52 Å². The number of nitrogens with zero attached hydrogens (tertiary/aromatic N) is 2. The molecular formula is C16H24FN3. The quantitative estimate of drug-likeness (QED) is 0.872. The van der Waals surface area contributed by atoms with Gasteiger partial charge in [-0.05, 0) is 38.8 Å². The molecule has 20 heavy (non-hydrogen) atoms. The van der Waals surface area contributed by atoms with Gasteiger partial charge in [-0.3, -0.25) is 0 Å². The van der Waals surface area contributed by atoms with Gasteiger partial charge in [-0.25, -0.2) is 9.37 Å². The minimum Gasteiger partial charge on any atom is -0.328 e. The average Bonchev–Trinajstić information content (AvgIpc) is 2.78. The number of aromatic nitrogens is 2. The Morgan fingerprint density at radius 1 is 1.30 bits per heavy atom. The number of aryl methyl sites for hydroxylation is 1. The molecule has 1 heterocycles. The highest BCUT2D eigenvalue weighted by Gasteiger charge is 2.17. The van der Waals surface area contributed by atoms with E-state index in [-0.39, 0.29) is 11.9 Å². The van der Waals surface area contributed by atoms with E-state index in [0.29, 0.717) is 11.4 Å². The van der Waals surface area contributed by atoms with Crippen molar-refractivity contribution in [1.82, 2.24) is 9.55 Å². The van der Waals surface area contributed by atoms with Gasteiger partial charge in [-0.1, -0.05) is 19.4 Å². The van der Waals surface area contributed by atoms with E-state index in [1.807, 2.05) is 13.0 Å². The van der Waals surface area contributed by atoms with Gasteiger partial charge in [0.15, 0.2) is 5.82 Å². The molecular weight excluding hydrogens is 253 g/mol. The fourth-order valence-corrected chi connectivity index (χ4v) is 2.71. The van der Waals surface area contributed by atoms with E-state index in [1.165, 1.54) is 6.07 Å². The topological polar surface area (TPSA) is 43.8 Å². The maximum atomic E-state index is 13.8. The molecule has 1 aromatic heterocycles. The largest absolute Gasteiger partial charge is 0.328 e. The van der Waals surface area contributed by atoms with Crippen LogP contribution in [0.3, 0.4) is 0 Å². The van der Waals surface area contributed by atoms with Crippen LogP contribution < -0.4 is 5.73 Å². The zero-order valence-electron chi connectivity index (χ0n) is 12.6. The molecule has 0 aliphatic heterocycles. The molecule has 0 saturated heterocycles. The van der Waals surface area contributed by atoms with Gasteiger partial charge in [0, 0.05) is 18.5 Å². The van der Waals surface area contributed by atoms with Crippen LogP contribution in [0.5, 0.6) is 0 Å². The lowest BCUT2D eigenvalue weighted by Gasteiger charge is -2.14. The number of fused-ring (bicyclic) bond motifs is 1. The third kappa shape index (κ3) is 3.01. The molecule has 0 spiro atoms. The molecule has 0 saturated carbocycles. The van der Waals surface area contributed by atoms with E-state index >= 15 is 0 Å². The normalized spacial score (nSPS) is 14.7. The zero-order valence-corrected chi connectivity index (χ0v) is 12.6. The summed E-state index contributed by atoms with van der Waals surface area (Å²) < 4.78 is 16.0. The van der Waals surface area contributed by atoms with E-state index < -0.39 is 0 Å². The predicted octanol–water partition coefficient (Wildman–Crippen LogP) is 3.82. The molecule has 0 radical (unpaired) electrons. The number of halogens is 1. The monoisotopic (exact) mass is 277 g/mol. The van der Waals surface area contributed by atoms with Gasteiger partial charge in [0.25, 0.3) is 0 Å².